The molecule has 6 nitrogen and oxygen atoms in total. The second-order valence-electron chi connectivity index (χ2n) is 5.69. The lowest BCUT2D eigenvalue weighted by Crippen LogP contribution is -2.29. The molecule has 30 heavy (non-hydrogen) atoms. The Labute approximate surface area is 176 Å². The number of hydrogen-bond donors (Lipinski definition) is 1. The van der Waals surface area contributed by atoms with Gasteiger partial charge >= 0.3 is 5.97 Å². The third-order valence-electron chi connectivity index (χ3n) is 4.05. The number of carbonyl (C=O) groups is 1. The molecule has 0 unspecified atom stereocenters. The molecule has 2 aromatic carbocycles. The van der Waals surface area contributed by atoms with Crippen LogP contribution < -0.4 is 4.73 Å². The summed E-state index contributed by atoms with van der Waals surface area (Å²) < 4.78 is 0.699. The van der Waals surface area contributed by atoms with E-state index in [-0.39, 0.29) is 5.82 Å². The van der Waals surface area contributed by atoms with Crippen LogP contribution in [0.3, 0.4) is 0 Å². The Balaban J connectivity index is 0.000000757. The maximum absolute atomic E-state index is 12.5. The van der Waals surface area contributed by atoms with E-state index in [1.165, 1.54) is 6.20 Å². The lowest BCUT2D eigenvalue weighted by atomic mass is 10.0. The van der Waals surface area contributed by atoms with Crippen LogP contribution in [0.4, 0.5) is 0 Å². The van der Waals surface area contributed by atoms with E-state index in [0.717, 1.165) is 5.56 Å². The number of fused-ring (bicyclic) bond motifs is 1. The second kappa shape index (κ2) is 10.7. The van der Waals surface area contributed by atoms with Gasteiger partial charge in [0.1, 0.15) is 5.52 Å². The maximum atomic E-state index is 12.5. The van der Waals surface area contributed by atoms with Gasteiger partial charge in [0.25, 0.3) is 0 Å². The van der Waals surface area contributed by atoms with Gasteiger partial charge in [-0.2, -0.15) is 4.73 Å². The highest BCUT2D eigenvalue weighted by atomic mass is 16.5. The predicted molar refractivity (Wildman–Crippen MR) is 119 cm³/mol. The van der Waals surface area contributed by atoms with E-state index in [4.69, 9.17) is 0 Å². The first-order valence-corrected chi connectivity index (χ1v) is 9.93. The molecule has 4 aromatic rings. The lowest BCUT2D eigenvalue weighted by molar-refractivity contribution is -0.592. The lowest BCUT2D eigenvalue weighted by Gasteiger charge is -2.11. The quantitative estimate of drug-likeness (QED) is 0.368. The van der Waals surface area contributed by atoms with Gasteiger partial charge in [0.15, 0.2) is 6.20 Å². The number of aromatic nitrogens is 3. The zero-order valence-corrected chi connectivity index (χ0v) is 17.5. The summed E-state index contributed by atoms with van der Waals surface area (Å²) in [5, 5.41) is 22.5. The molecule has 0 bridgehead atoms. The minimum Gasteiger partial charge on any atom is -0.618 e. The number of carboxylic acids is 1. The highest BCUT2D eigenvalue weighted by Crippen LogP contribution is 2.30. The summed E-state index contributed by atoms with van der Waals surface area (Å²) in [4.78, 5) is 19.9. The van der Waals surface area contributed by atoms with Crippen molar-refractivity contribution in [1.29, 1.82) is 0 Å². The first-order chi connectivity index (χ1) is 14.6. The fourth-order valence-electron chi connectivity index (χ4n) is 2.90. The van der Waals surface area contributed by atoms with Gasteiger partial charge in [-0.25, -0.2) is 14.8 Å². The zero-order chi connectivity index (χ0) is 22.1. The molecule has 1 N–H and O–H groups in total. The number of nitrogens with zero attached hydrogens (tertiary/aromatic N) is 3. The van der Waals surface area contributed by atoms with Crippen LogP contribution >= 0.6 is 0 Å². The summed E-state index contributed by atoms with van der Waals surface area (Å²) in [6.07, 6.45) is 1.39. The highest BCUT2D eigenvalue weighted by molar-refractivity contribution is 6.00. The Bertz CT molecular complexity index is 1110. The normalized spacial score (nSPS) is 9.73. The fraction of sp³-hybridized carbons (Fsp3) is 0.167. The largest absolute Gasteiger partial charge is 0.618 e. The van der Waals surface area contributed by atoms with E-state index >= 15 is 0 Å². The van der Waals surface area contributed by atoms with Crippen molar-refractivity contribution in [2.75, 3.05) is 0 Å². The Morgan fingerprint density at radius 3 is 1.90 bits per heavy atom. The summed E-state index contributed by atoms with van der Waals surface area (Å²) in [5.74, 6) is -1.59. The SMILES string of the molecule is CC.CC.O=C(O)c1nc(-c2ccccc2)c2cc[n+]([O-])c(-c3ccccc3)c2n1. The molecule has 0 spiro atoms. The van der Waals surface area contributed by atoms with Crippen molar-refractivity contribution in [3.8, 4) is 22.5 Å². The molecule has 2 heterocycles. The summed E-state index contributed by atoms with van der Waals surface area (Å²) in [7, 11) is 0. The van der Waals surface area contributed by atoms with E-state index < -0.39 is 5.97 Å². The fourth-order valence-corrected chi connectivity index (χ4v) is 2.90. The third-order valence-corrected chi connectivity index (χ3v) is 4.05. The van der Waals surface area contributed by atoms with E-state index in [0.29, 0.717) is 32.6 Å². The zero-order valence-electron chi connectivity index (χ0n) is 17.5. The van der Waals surface area contributed by atoms with Gasteiger partial charge in [-0.3, -0.25) is 0 Å². The van der Waals surface area contributed by atoms with Crippen LogP contribution in [0, 0.1) is 5.21 Å². The maximum Gasteiger partial charge on any atom is 0.373 e. The highest BCUT2D eigenvalue weighted by Gasteiger charge is 2.22. The van der Waals surface area contributed by atoms with Crippen LogP contribution in [0.1, 0.15) is 38.3 Å². The molecule has 154 valence electrons. The molecule has 0 radical (unpaired) electrons. The Kier molecular flexibility index (Phi) is 7.99. The monoisotopic (exact) mass is 403 g/mol. The standard InChI is InChI=1S/C20H13N3O3.2C2H6/c24-20(25)19-21-16(13-7-3-1-4-8-13)15-11-12-23(26)18(17(15)22-19)14-9-5-2-6-10-14;2*1-2/h1-12H,(H,24,25);2*1-2H3. The smallest absolute Gasteiger partial charge is 0.373 e. The van der Waals surface area contributed by atoms with Gasteiger partial charge in [-0.05, 0) is 12.1 Å². The van der Waals surface area contributed by atoms with E-state index in [1.807, 2.05) is 76.2 Å². The molecule has 0 aliphatic heterocycles. The van der Waals surface area contributed by atoms with Crippen LogP contribution in [0.2, 0.25) is 0 Å². The molecule has 0 saturated heterocycles. The van der Waals surface area contributed by atoms with Gasteiger partial charge < -0.3 is 10.3 Å². The number of hydrogen-bond acceptors (Lipinski definition) is 4. The van der Waals surface area contributed by atoms with Crippen molar-refractivity contribution in [3.05, 3.63) is 84.0 Å². The molecular formula is C24H25N3O3. The van der Waals surface area contributed by atoms with Gasteiger partial charge in [0, 0.05) is 22.6 Å². The number of benzene rings is 2. The summed E-state index contributed by atoms with van der Waals surface area (Å²) >= 11 is 0. The number of carboxylic acid groups (broad SMARTS) is 1. The van der Waals surface area contributed by atoms with E-state index in [1.54, 1.807) is 18.2 Å². The van der Waals surface area contributed by atoms with Gasteiger partial charge in [0.05, 0.1) is 5.69 Å². The Morgan fingerprint density at radius 1 is 0.833 bits per heavy atom. The van der Waals surface area contributed by atoms with Crippen molar-refractivity contribution in [2.24, 2.45) is 0 Å². The topological polar surface area (TPSA) is 90.0 Å². The molecule has 0 aliphatic rings. The molecule has 2 aromatic heterocycles. The molecule has 6 heteroatoms. The molecule has 0 aliphatic carbocycles. The average molecular weight is 403 g/mol. The first kappa shape index (κ1) is 22.5. The van der Waals surface area contributed by atoms with Crippen molar-refractivity contribution < 1.29 is 14.6 Å². The molecule has 0 amide bonds. The molecule has 0 fully saturated rings. The summed E-state index contributed by atoms with van der Waals surface area (Å²) in [6, 6.07) is 19.9. The second-order valence-corrected chi connectivity index (χ2v) is 5.69. The third kappa shape index (κ3) is 4.60. The minimum atomic E-state index is -1.25. The number of pyridine rings is 1. The van der Waals surface area contributed by atoms with Crippen molar-refractivity contribution in [1.82, 2.24) is 9.97 Å². The van der Waals surface area contributed by atoms with Crippen molar-refractivity contribution >= 4 is 16.9 Å². The van der Waals surface area contributed by atoms with E-state index in [9.17, 15) is 15.1 Å². The minimum absolute atomic E-state index is 0.296. The predicted octanol–water partition coefficient (Wildman–Crippen LogP) is 5.35. The molecule has 0 saturated carbocycles. The molecule has 4 rings (SSSR count). The van der Waals surface area contributed by atoms with E-state index in [2.05, 4.69) is 9.97 Å². The molecule has 0 atom stereocenters. The van der Waals surface area contributed by atoms with Gasteiger partial charge in [-0.15, -0.1) is 0 Å². The van der Waals surface area contributed by atoms with Crippen LogP contribution in [-0.2, 0) is 0 Å². The van der Waals surface area contributed by atoms with Gasteiger partial charge in [-0.1, -0.05) is 76.2 Å². The van der Waals surface area contributed by atoms with Crippen molar-refractivity contribution in [3.63, 3.8) is 0 Å². The van der Waals surface area contributed by atoms with Crippen molar-refractivity contribution in [2.45, 2.75) is 27.7 Å². The first-order valence-electron chi connectivity index (χ1n) is 9.93. The number of rotatable bonds is 3. The summed E-state index contributed by atoms with van der Waals surface area (Å²) in [6.45, 7) is 8.00. The summed E-state index contributed by atoms with van der Waals surface area (Å²) in [5.41, 5.74) is 2.49. The molecular weight excluding hydrogens is 378 g/mol. The van der Waals surface area contributed by atoms with Crippen LogP contribution in [0.15, 0.2) is 72.9 Å². The number of aromatic carboxylic acids is 1. The van der Waals surface area contributed by atoms with Crippen LogP contribution in [0.5, 0.6) is 0 Å². The van der Waals surface area contributed by atoms with Crippen LogP contribution in [-0.4, -0.2) is 21.0 Å². The van der Waals surface area contributed by atoms with Crippen LogP contribution in [0.25, 0.3) is 33.4 Å². The Morgan fingerprint density at radius 2 is 1.37 bits per heavy atom. The average Bonchev–Trinajstić information content (AvgIpc) is 2.82. The Hall–Kier alpha value is -3.80. The van der Waals surface area contributed by atoms with Gasteiger partial charge in [0.2, 0.25) is 11.5 Å².